The molecule has 4 aromatic carbocycles. The van der Waals surface area contributed by atoms with E-state index in [-0.39, 0.29) is 0 Å². The summed E-state index contributed by atoms with van der Waals surface area (Å²) < 4.78 is 2.46. The number of para-hydroxylation sites is 3. The summed E-state index contributed by atoms with van der Waals surface area (Å²) in [6.45, 7) is 11.2. The van der Waals surface area contributed by atoms with Crippen LogP contribution in [0.25, 0.3) is 33.6 Å². The lowest BCUT2D eigenvalue weighted by molar-refractivity contribution is 0.706. The number of rotatable bonds is 3. The Kier molecular flexibility index (Phi) is 4.25. The van der Waals surface area contributed by atoms with Gasteiger partial charge in [-0.2, -0.15) is 0 Å². The Balaban J connectivity index is 1.89. The van der Waals surface area contributed by atoms with Crippen LogP contribution in [-0.4, -0.2) is 4.57 Å². The minimum atomic E-state index is -0.428. The second-order valence-corrected chi connectivity index (χ2v) is 9.12. The van der Waals surface area contributed by atoms with Gasteiger partial charge in [-0.1, -0.05) is 97.1 Å². The minimum absolute atomic E-state index is 0.428. The van der Waals surface area contributed by atoms with Gasteiger partial charge in [0.25, 0.3) is 0 Å². The third-order valence-electron chi connectivity index (χ3n) is 7.41. The molecule has 1 aliphatic rings. The Morgan fingerprint density at radius 3 is 2.27 bits per heavy atom. The molecule has 0 bridgehead atoms. The molecule has 160 valence electrons. The Hall–Kier alpha value is -3.84. The highest BCUT2D eigenvalue weighted by Gasteiger charge is 2.45. The van der Waals surface area contributed by atoms with Crippen molar-refractivity contribution in [1.82, 2.24) is 4.57 Å². The van der Waals surface area contributed by atoms with E-state index in [0.29, 0.717) is 0 Å². The molecule has 0 radical (unpaired) electrons. The number of aromatic nitrogens is 1. The minimum Gasteiger partial charge on any atom is -0.309 e. The zero-order chi connectivity index (χ0) is 22.7. The van der Waals surface area contributed by atoms with Crippen LogP contribution < -0.4 is 0 Å². The number of benzene rings is 4. The third-order valence-corrected chi connectivity index (χ3v) is 7.41. The molecule has 0 aliphatic carbocycles. The fraction of sp³-hybridized carbons (Fsp3) is 0.125. The Labute approximate surface area is 195 Å². The number of nitrogens with zero attached hydrogens (tertiary/aromatic N) is 1. The number of allylic oxidation sites excluding steroid dienone is 2. The molecule has 0 amide bonds. The standard InChI is InChI=1S/C32H27N/c1-5-12-23-13-10-17-26(22(23)4)32(21(2)3)27-16-7-9-20-30(27)33-29-19-8-6-14-24(29)25-15-11-18-28(32)31(25)33/h5-20H,2H2,1,3-4H3/b12-5+. The van der Waals surface area contributed by atoms with Gasteiger partial charge in [-0.05, 0) is 60.7 Å². The van der Waals surface area contributed by atoms with Crippen molar-refractivity contribution < 1.29 is 0 Å². The SMILES string of the molecule is C=C(C)C1(c2cccc(/C=C/C)c2C)c2ccccc2-n2c3ccccc3c3cccc1c32. The predicted octanol–water partition coefficient (Wildman–Crippen LogP) is 8.35. The van der Waals surface area contributed by atoms with E-state index in [1.807, 2.05) is 0 Å². The van der Waals surface area contributed by atoms with Crippen molar-refractivity contribution in [1.29, 1.82) is 0 Å². The van der Waals surface area contributed by atoms with Crippen LogP contribution in [0.1, 0.15) is 41.7 Å². The van der Waals surface area contributed by atoms with E-state index in [9.17, 15) is 0 Å². The van der Waals surface area contributed by atoms with Crippen LogP contribution in [0.4, 0.5) is 0 Å². The maximum absolute atomic E-state index is 4.63. The van der Waals surface area contributed by atoms with Crippen molar-refractivity contribution in [2.75, 3.05) is 0 Å². The van der Waals surface area contributed by atoms with E-state index in [0.717, 1.165) is 5.57 Å². The summed E-state index contributed by atoms with van der Waals surface area (Å²) in [4.78, 5) is 0. The first kappa shape index (κ1) is 19.8. The van der Waals surface area contributed by atoms with E-state index in [1.165, 1.54) is 55.3 Å². The molecule has 0 fully saturated rings. The van der Waals surface area contributed by atoms with Crippen molar-refractivity contribution in [2.24, 2.45) is 0 Å². The van der Waals surface area contributed by atoms with Crippen LogP contribution in [0.2, 0.25) is 0 Å². The first-order valence-electron chi connectivity index (χ1n) is 11.6. The largest absolute Gasteiger partial charge is 0.309 e. The van der Waals surface area contributed by atoms with E-state index < -0.39 is 5.41 Å². The summed E-state index contributed by atoms with van der Waals surface area (Å²) in [7, 11) is 0. The molecule has 5 aromatic rings. The van der Waals surface area contributed by atoms with Gasteiger partial charge in [-0.25, -0.2) is 0 Å². The molecule has 1 aliphatic heterocycles. The summed E-state index contributed by atoms with van der Waals surface area (Å²) in [6.07, 6.45) is 4.32. The number of hydrogen-bond donors (Lipinski definition) is 0. The van der Waals surface area contributed by atoms with Gasteiger partial charge in [0, 0.05) is 10.8 Å². The first-order chi connectivity index (χ1) is 16.1. The highest BCUT2D eigenvalue weighted by Crippen LogP contribution is 2.54. The molecule has 33 heavy (non-hydrogen) atoms. The van der Waals surface area contributed by atoms with Gasteiger partial charge in [0.05, 0.1) is 22.1 Å². The second kappa shape index (κ2) is 7.08. The average molecular weight is 426 g/mol. The lowest BCUT2D eigenvalue weighted by Gasteiger charge is -2.42. The van der Waals surface area contributed by atoms with E-state index in [2.05, 4.69) is 129 Å². The van der Waals surface area contributed by atoms with Gasteiger partial charge in [0.2, 0.25) is 0 Å². The molecule has 1 aromatic heterocycles. The topological polar surface area (TPSA) is 4.93 Å². The van der Waals surface area contributed by atoms with Crippen LogP contribution in [0.15, 0.2) is 103 Å². The summed E-state index contributed by atoms with van der Waals surface area (Å²) >= 11 is 0. The molecular formula is C32H27N. The van der Waals surface area contributed by atoms with Crippen molar-refractivity contribution in [3.05, 3.63) is 131 Å². The van der Waals surface area contributed by atoms with Crippen molar-refractivity contribution in [2.45, 2.75) is 26.2 Å². The van der Waals surface area contributed by atoms with Crippen LogP contribution in [0, 0.1) is 6.92 Å². The molecule has 6 rings (SSSR count). The van der Waals surface area contributed by atoms with Gasteiger partial charge in [-0.3, -0.25) is 0 Å². The molecule has 0 saturated carbocycles. The van der Waals surface area contributed by atoms with Crippen molar-refractivity contribution in [3.8, 4) is 5.69 Å². The summed E-state index contributed by atoms with van der Waals surface area (Å²) in [5.74, 6) is 0. The van der Waals surface area contributed by atoms with E-state index in [1.54, 1.807) is 0 Å². The lowest BCUT2D eigenvalue weighted by Crippen LogP contribution is -2.35. The zero-order valence-electron chi connectivity index (χ0n) is 19.4. The molecule has 0 N–H and O–H groups in total. The van der Waals surface area contributed by atoms with Crippen LogP contribution in [0.3, 0.4) is 0 Å². The summed E-state index contributed by atoms with van der Waals surface area (Å²) in [5, 5.41) is 2.59. The highest BCUT2D eigenvalue weighted by molar-refractivity contribution is 6.12. The molecule has 1 nitrogen and oxygen atoms in total. The molecule has 2 heterocycles. The monoisotopic (exact) mass is 425 g/mol. The lowest BCUT2D eigenvalue weighted by atomic mass is 9.62. The number of hydrogen-bond acceptors (Lipinski definition) is 0. The summed E-state index contributed by atoms with van der Waals surface area (Å²) in [6, 6.07) is 31.1. The quantitative estimate of drug-likeness (QED) is 0.256. The van der Waals surface area contributed by atoms with Gasteiger partial charge in [-0.15, -0.1) is 0 Å². The zero-order valence-corrected chi connectivity index (χ0v) is 19.4. The Morgan fingerprint density at radius 2 is 1.45 bits per heavy atom. The highest BCUT2D eigenvalue weighted by atomic mass is 15.0. The van der Waals surface area contributed by atoms with Gasteiger partial charge in [0.15, 0.2) is 0 Å². The molecular weight excluding hydrogens is 398 g/mol. The molecule has 0 spiro atoms. The predicted molar refractivity (Wildman–Crippen MR) is 141 cm³/mol. The summed E-state index contributed by atoms with van der Waals surface area (Å²) in [5.41, 5.74) is 11.0. The maximum Gasteiger partial charge on any atom is 0.0700 e. The van der Waals surface area contributed by atoms with Crippen molar-refractivity contribution in [3.63, 3.8) is 0 Å². The Bertz CT molecular complexity index is 1610. The van der Waals surface area contributed by atoms with Crippen LogP contribution in [0.5, 0.6) is 0 Å². The third kappa shape index (κ3) is 2.42. The van der Waals surface area contributed by atoms with Crippen molar-refractivity contribution >= 4 is 27.9 Å². The van der Waals surface area contributed by atoms with E-state index >= 15 is 0 Å². The number of fused-ring (bicyclic) bond motifs is 5. The fourth-order valence-electron chi connectivity index (χ4n) is 6.10. The molecule has 1 unspecified atom stereocenters. The van der Waals surface area contributed by atoms with Crippen LogP contribution in [-0.2, 0) is 5.41 Å². The normalized spacial score (nSPS) is 17.1. The van der Waals surface area contributed by atoms with E-state index in [4.69, 9.17) is 0 Å². The van der Waals surface area contributed by atoms with Gasteiger partial charge < -0.3 is 4.57 Å². The molecule has 0 saturated heterocycles. The first-order valence-corrected chi connectivity index (χ1v) is 11.6. The Morgan fingerprint density at radius 1 is 0.788 bits per heavy atom. The average Bonchev–Trinajstić information content (AvgIpc) is 3.17. The fourth-order valence-corrected chi connectivity index (χ4v) is 6.10. The van der Waals surface area contributed by atoms with Gasteiger partial charge >= 0.3 is 0 Å². The molecule has 1 atom stereocenters. The second-order valence-electron chi connectivity index (χ2n) is 9.12. The molecule has 1 heteroatoms. The smallest absolute Gasteiger partial charge is 0.0700 e. The maximum atomic E-state index is 4.63. The van der Waals surface area contributed by atoms with Gasteiger partial charge in [0.1, 0.15) is 0 Å². The van der Waals surface area contributed by atoms with Crippen LogP contribution >= 0.6 is 0 Å².